The lowest BCUT2D eigenvalue weighted by Crippen LogP contribution is -2.46. The van der Waals surface area contributed by atoms with Gasteiger partial charge in [0.05, 0.1) is 10.9 Å². The van der Waals surface area contributed by atoms with E-state index in [0.29, 0.717) is 30.3 Å². The average Bonchev–Trinajstić information content (AvgIpc) is 3.01. The van der Waals surface area contributed by atoms with Crippen molar-refractivity contribution in [1.82, 2.24) is 14.5 Å². The van der Waals surface area contributed by atoms with Crippen molar-refractivity contribution in [1.29, 1.82) is 0 Å². The second kappa shape index (κ2) is 5.71. The summed E-state index contributed by atoms with van der Waals surface area (Å²) in [5, 5.41) is 9.42. The second-order valence-electron chi connectivity index (χ2n) is 5.45. The number of hydrogen-bond acceptors (Lipinski definition) is 4. The van der Waals surface area contributed by atoms with E-state index in [2.05, 4.69) is 4.98 Å². The molecule has 23 heavy (non-hydrogen) atoms. The first kappa shape index (κ1) is 15.0. The number of hydrogen-bond donors (Lipinski definition) is 2. The fraction of sp³-hybridized carbons (Fsp3) is 0.333. The van der Waals surface area contributed by atoms with Crippen LogP contribution < -0.4 is 11.2 Å². The van der Waals surface area contributed by atoms with Gasteiger partial charge in [-0.05, 0) is 25.0 Å². The molecule has 0 aliphatic carbocycles. The molecular weight excluding hydrogens is 302 g/mol. The minimum atomic E-state index is -1.07. The summed E-state index contributed by atoms with van der Waals surface area (Å²) in [6.45, 7) is -0.154. The molecule has 1 saturated heterocycles. The maximum atomic E-state index is 12.4. The molecule has 0 spiro atoms. The molecule has 8 heteroatoms. The number of nitrogens with one attached hydrogen (secondary N) is 1. The highest BCUT2D eigenvalue weighted by Gasteiger charge is 2.34. The lowest BCUT2D eigenvalue weighted by atomic mass is 10.2. The van der Waals surface area contributed by atoms with Crippen molar-refractivity contribution in [3.05, 3.63) is 45.1 Å². The third-order valence-electron chi connectivity index (χ3n) is 4.04. The van der Waals surface area contributed by atoms with Crippen LogP contribution in [0.2, 0.25) is 0 Å². The molecule has 2 N–H and O–H groups in total. The summed E-state index contributed by atoms with van der Waals surface area (Å²) in [6, 6.07) is 5.62. The zero-order chi connectivity index (χ0) is 16.6. The molecule has 0 unspecified atom stereocenters. The van der Waals surface area contributed by atoms with Crippen molar-refractivity contribution in [3.8, 4) is 0 Å². The first-order valence-electron chi connectivity index (χ1n) is 7.23. The van der Waals surface area contributed by atoms with Crippen molar-refractivity contribution < 1.29 is 14.7 Å². The third kappa shape index (κ3) is 2.63. The Bertz CT molecular complexity index is 898. The number of para-hydroxylation sites is 1. The minimum Gasteiger partial charge on any atom is -0.480 e. The normalized spacial score (nSPS) is 17.6. The number of benzene rings is 1. The Balaban J connectivity index is 1.96. The van der Waals surface area contributed by atoms with E-state index in [-0.39, 0.29) is 0 Å². The van der Waals surface area contributed by atoms with Gasteiger partial charge in [0.25, 0.3) is 5.56 Å². The number of likely N-dealkylation sites (tertiary alicyclic amines) is 1. The second-order valence-corrected chi connectivity index (χ2v) is 5.45. The average molecular weight is 317 g/mol. The van der Waals surface area contributed by atoms with Gasteiger partial charge in [0.2, 0.25) is 5.91 Å². The number of carbonyl (C=O) groups is 2. The third-order valence-corrected chi connectivity index (χ3v) is 4.04. The molecule has 3 rings (SSSR count). The molecule has 0 saturated carbocycles. The zero-order valence-electron chi connectivity index (χ0n) is 12.2. The summed E-state index contributed by atoms with van der Waals surface area (Å²) in [4.78, 5) is 51.6. The number of aliphatic carboxylic acids is 1. The summed E-state index contributed by atoms with van der Waals surface area (Å²) in [6.07, 6.45) is 0.968. The Morgan fingerprint density at radius 2 is 2.00 bits per heavy atom. The number of aromatic nitrogens is 2. The van der Waals surface area contributed by atoms with E-state index >= 15 is 0 Å². The standard InChI is InChI=1S/C15H15N3O5/c19-12(17-7-3-6-11(17)14(21)22)8-18-13(20)9-4-1-2-5-10(9)16-15(18)23/h1-2,4-5,11H,3,6-8H2,(H,16,23)(H,21,22)/t11-/m1/s1. The fourth-order valence-electron chi connectivity index (χ4n) is 2.89. The summed E-state index contributed by atoms with van der Waals surface area (Å²) in [5.74, 6) is -1.62. The van der Waals surface area contributed by atoms with Crippen LogP contribution in [0, 0.1) is 0 Å². The molecule has 2 heterocycles. The smallest absolute Gasteiger partial charge is 0.329 e. The quantitative estimate of drug-likeness (QED) is 0.811. The van der Waals surface area contributed by atoms with Crippen LogP contribution in [0.5, 0.6) is 0 Å². The molecule has 1 fully saturated rings. The Hall–Kier alpha value is -2.90. The Labute approximate surface area is 130 Å². The number of carboxylic acids is 1. The van der Waals surface area contributed by atoms with Gasteiger partial charge in [-0.25, -0.2) is 9.59 Å². The summed E-state index contributed by atoms with van der Waals surface area (Å²) < 4.78 is 0.807. The molecule has 120 valence electrons. The molecule has 1 aliphatic rings. The topological polar surface area (TPSA) is 112 Å². The Morgan fingerprint density at radius 3 is 2.74 bits per heavy atom. The van der Waals surface area contributed by atoms with Crippen molar-refractivity contribution in [3.63, 3.8) is 0 Å². The first-order chi connectivity index (χ1) is 11.0. The molecule has 1 amide bonds. The largest absolute Gasteiger partial charge is 0.480 e. The highest BCUT2D eigenvalue weighted by Crippen LogP contribution is 2.17. The summed E-state index contributed by atoms with van der Waals surface area (Å²) in [5.41, 5.74) is -0.854. The number of fused-ring (bicyclic) bond motifs is 1. The first-order valence-corrected chi connectivity index (χ1v) is 7.23. The van der Waals surface area contributed by atoms with E-state index in [0.717, 1.165) is 4.57 Å². The van der Waals surface area contributed by atoms with E-state index in [1.54, 1.807) is 24.3 Å². The van der Waals surface area contributed by atoms with E-state index in [1.807, 2.05) is 0 Å². The van der Waals surface area contributed by atoms with E-state index in [4.69, 9.17) is 5.11 Å². The monoisotopic (exact) mass is 317 g/mol. The summed E-state index contributed by atoms with van der Waals surface area (Å²) >= 11 is 0. The Kier molecular flexibility index (Phi) is 3.73. The van der Waals surface area contributed by atoms with Crippen LogP contribution in [0.25, 0.3) is 10.9 Å². The van der Waals surface area contributed by atoms with Gasteiger partial charge >= 0.3 is 11.7 Å². The molecule has 8 nitrogen and oxygen atoms in total. The van der Waals surface area contributed by atoms with Gasteiger partial charge in [-0.15, -0.1) is 0 Å². The number of rotatable bonds is 3. The zero-order valence-corrected chi connectivity index (χ0v) is 12.2. The van der Waals surface area contributed by atoms with Gasteiger partial charge in [-0.2, -0.15) is 0 Å². The highest BCUT2D eigenvalue weighted by atomic mass is 16.4. The lowest BCUT2D eigenvalue weighted by Gasteiger charge is -2.21. The molecule has 1 atom stereocenters. The van der Waals surface area contributed by atoms with Gasteiger partial charge in [-0.1, -0.05) is 12.1 Å². The molecular formula is C15H15N3O5. The van der Waals surface area contributed by atoms with E-state index in [9.17, 15) is 19.2 Å². The summed E-state index contributed by atoms with van der Waals surface area (Å²) in [7, 11) is 0. The van der Waals surface area contributed by atoms with E-state index < -0.39 is 35.7 Å². The number of H-pyrrole nitrogens is 1. The maximum Gasteiger partial charge on any atom is 0.329 e. The van der Waals surface area contributed by atoms with Crippen LogP contribution in [-0.4, -0.2) is 44.0 Å². The van der Waals surface area contributed by atoms with Crippen LogP contribution in [0.15, 0.2) is 33.9 Å². The highest BCUT2D eigenvalue weighted by molar-refractivity contribution is 5.84. The predicted molar refractivity (Wildman–Crippen MR) is 81.2 cm³/mol. The van der Waals surface area contributed by atoms with Crippen LogP contribution in [0.3, 0.4) is 0 Å². The van der Waals surface area contributed by atoms with Crippen molar-refractivity contribution in [2.45, 2.75) is 25.4 Å². The van der Waals surface area contributed by atoms with Gasteiger partial charge in [0.15, 0.2) is 0 Å². The van der Waals surface area contributed by atoms with Crippen LogP contribution in [0.4, 0.5) is 0 Å². The number of aromatic amines is 1. The number of carboxylic acid groups (broad SMARTS) is 1. The number of nitrogens with zero attached hydrogens (tertiary/aromatic N) is 2. The van der Waals surface area contributed by atoms with Crippen molar-refractivity contribution in [2.24, 2.45) is 0 Å². The molecule has 1 aromatic carbocycles. The molecule has 0 bridgehead atoms. The SMILES string of the molecule is O=C(O)[C@H]1CCCN1C(=O)Cn1c(=O)[nH]c2ccccc2c1=O. The molecule has 2 aromatic rings. The van der Waals surface area contributed by atoms with Crippen LogP contribution in [0.1, 0.15) is 12.8 Å². The van der Waals surface area contributed by atoms with Crippen molar-refractivity contribution >= 4 is 22.8 Å². The van der Waals surface area contributed by atoms with Crippen LogP contribution in [-0.2, 0) is 16.1 Å². The Morgan fingerprint density at radius 1 is 1.26 bits per heavy atom. The maximum absolute atomic E-state index is 12.4. The van der Waals surface area contributed by atoms with E-state index in [1.165, 1.54) is 4.90 Å². The lowest BCUT2D eigenvalue weighted by molar-refractivity contribution is -0.148. The van der Waals surface area contributed by atoms with Gasteiger partial charge in [0, 0.05) is 6.54 Å². The fourth-order valence-corrected chi connectivity index (χ4v) is 2.89. The van der Waals surface area contributed by atoms with Gasteiger partial charge in [0.1, 0.15) is 12.6 Å². The molecule has 1 aliphatic heterocycles. The number of amides is 1. The van der Waals surface area contributed by atoms with Crippen molar-refractivity contribution in [2.75, 3.05) is 6.54 Å². The predicted octanol–water partition coefficient (Wildman–Crippen LogP) is -0.235. The van der Waals surface area contributed by atoms with Gasteiger partial charge in [-0.3, -0.25) is 14.2 Å². The van der Waals surface area contributed by atoms with Gasteiger partial charge < -0.3 is 15.0 Å². The molecule has 0 radical (unpaired) electrons. The molecule has 1 aromatic heterocycles. The van der Waals surface area contributed by atoms with Crippen LogP contribution >= 0.6 is 0 Å². The minimum absolute atomic E-state index is 0.302. The number of carbonyl (C=O) groups excluding carboxylic acids is 1.